The Morgan fingerprint density at radius 1 is 1.21 bits per heavy atom. The van der Waals surface area contributed by atoms with Gasteiger partial charge in [-0.3, -0.25) is 0 Å². The van der Waals surface area contributed by atoms with Crippen LogP contribution in [0.1, 0.15) is 66.5 Å². The molecule has 110 valence electrons. The number of hydrogen-bond donors (Lipinski definition) is 1. The highest BCUT2D eigenvalue weighted by Crippen LogP contribution is 2.12. The van der Waals surface area contributed by atoms with Gasteiger partial charge in [-0.1, -0.05) is 31.9 Å². The normalized spacial score (nSPS) is 14.1. The van der Waals surface area contributed by atoms with Crippen LogP contribution >= 0.6 is 0 Å². The predicted molar refractivity (Wildman–Crippen MR) is 80.0 cm³/mol. The molecule has 0 radical (unpaired) electrons. The molecular formula is C15H30N4. The maximum atomic E-state index is 4.21. The van der Waals surface area contributed by atoms with Crippen molar-refractivity contribution in [2.75, 3.05) is 0 Å². The Hall–Kier alpha value is -0.900. The molecule has 1 rings (SSSR count). The molecule has 0 fully saturated rings. The molecule has 1 unspecified atom stereocenters. The van der Waals surface area contributed by atoms with E-state index in [1.807, 2.05) is 10.9 Å². The van der Waals surface area contributed by atoms with Crippen molar-refractivity contribution in [2.24, 2.45) is 5.92 Å². The minimum atomic E-state index is 0.00807. The lowest BCUT2D eigenvalue weighted by Gasteiger charge is -2.17. The second-order valence-corrected chi connectivity index (χ2v) is 6.93. The Labute approximate surface area is 118 Å². The van der Waals surface area contributed by atoms with E-state index in [0.29, 0.717) is 6.04 Å². The number of nitrogens with one attached hydrogen (secondary N) is 1. The molecule has 19 heavy (non-hydrogen) atoms. The third kappa shape index (κ3) is 6.19. The van der Waals surface area contributed by atoms with Gasteiger partial charge in [0.25, 0.3) is 0 Å². The van der Waals surface area contributed by atoms with E-state index in [-0.39, 0.29) is 5.54 Å². The third-order valence-electron chi connectivity index (χ3n) is 3.28. The summed E-state index contributed by atoms with van der Waals surface area (Å²) in [6.45, 7) is 14.0. The van der Waals surface area contributed by atoms with Gasteiger partial charge in [0.05, 0.1) is 17.4 Å². The summed E-state index contributed by atoms with van der Waals surface area (Å²) in [7, 11) is 0. The van der Waals surface area contributed by atoms with Crippen LogP contribution in [0.4, 0.5) is 0 Å². The molecule has 4 nitrogen and oxygen atoms in total. The maximum Gasteiger partial charge on any atom is 0.0965 e. The smallest absolute Gasteiger partial charge is 0.0965 e. The van der Waals surface area contributed by atoms with Gasteiger partial charge in [0.15, 0.2) is 0 Å². The van der Waals surface area contributed by atoms with Gasteiger partial charge >= 0.3 is 0 Å². The lowest BCUT2D eigenvalue weighted by molar-refractivity contribution is 0.347. The quantitative estimate of drug-likeness (QED) is 0.823. The number of nitrogens with zero attached hydrogens (tertiary/aromatic N) is 3. The van der Waals surface area contributed by atoms with Crippen LogP contribution in [0, 0.1) is 5.92 Å². The van der Waals surface area contributed by atoms with Crippen molar-refractivity contribution in [3.63, 3.8) is 0 Å². The number of aromatic nitrogens is 3. The fourth-order valence-electron chi connectivity index (χ4n) is 1.92. The second-order valence-electron chi connectivity index (χ2n) is 6.93. The summed E-state index contributed by atoms with van der Waals surface area (Å²) >= 11 is 0. The first kappa shape index (κ1) is 16.2. The standard InChI is InChI=1S/C15H30N4/c1-12(2)8-7-9-13(3)16-10-14-11-19(18-17-14)15(4,5)6/h11-13,16H,7-10H2,1-6H3. The highest BCUT2D eigenvalue weighted by atomic mass is 15.4. The summed E-state index contributed by atoms with van der Waals surface area (Å²) in [6, 6.07) is 0.540. The summed E-state index contributed by atoms with van der Waals surface area (Å²) < 4.78 is 1.92. The Balaban J connectivity index is 2.30. The maximum absolute atomic E-state index is 4.21. The molecule has 0 saturated carbocycles. The van der Waals surface area contributed by atoms with Crippen molar-refractivity contribution in [2.45, 2.75) is 78.9 Å². The van der Waals surface area contributed by atoms with Crippen molar-refractivity contribution >= 4 is 0 Å². The topological polar surface area (TPSA) is 42.7 Å². The van der Waals surface area contributed by atoms with Gasteiger partial charge in [-0.15, -0.1) is 5.10 Å². The van der Waals surface area contributed by atoms with Gasteiger partial charge in [-0.2, -0.15) is 0 Å². The van der Waals surface area contributed by atoms with Crippen molar-refractivity contribution in [1.82, 2.24) is 20.3 Å². The van der Waals surface area contributed by atoms with Crippen molar-refractivity contribution < 1.29 is 0 Å². The SMILES string of the molecule is CC(C)CCCC(C)NCc1cn(C(C)(C)C)nn1. The van der Waals surface area contributed by atoms with Crippen molar-refractivity contribution in [3.8, 4) is 0 Å². The molecule has 0 bridgehead atoms. The molecule has 0 aliphatic heterocycles. The fourth-order valence-corrected chi connectivity index (χ4v) is 1.92. The van der Waals surface area contributed by atoms with E-state index in [9.17, 15) is 0 Å². The van der Waals surface area contributed by atoms with Gasteiger partial charge in [-0.05, 0) is 40.0 Å². The summed E-state index contributed by atoms with van der Waals surface area (Å²) in [5, 5.41) is 11.9. The molecule has 0 amide bonds. The van der Waals surface area contributed by atoms with E-state index in [2.05, 4.69) is 57.2 Å². The van der Waals surface area contributed by atoms with Crippen LogP contribution in [-0.2, 0) is 12.1 Å². The third-order valence-corrected chi connectivity index (χ3v) is 3.28. The van der Waals surface area contributed by atoms with Gasteiger partial charge in [0, 0.05) is 12.6 Å². The first-order chi connectivity index (χ1) is 8.79. The largest absolute Gasteiger partial charge is 0.309 e. The molecule has 0 aliphatic carbocycles. The van der Waals surface area contributed by atoms with Gasteiger partial charge in [0.1, 0.15) is 0 Å². The summed E-state index contributed by atoms with van der Waals surface area (Å²) in [4.78, 5) is 0. The average molecular weight is 266 g/mol. The monoisotopic (exact) mass is 266 g/mol. The van der Waals surface area contributed by atoms with Gasteiger partial charge in [0.2, 0.25) is 0 Å². The highest BCUT2D eigenvalue weighted by molar-refractivity contribution is 4.94. The molecule has 0 aliphatic rings. The molecule has 1 aromatic rings. The van der Waals surface area contributed by atoms with Crippen LogP contribution < -0.4 is 5.32 Å². The van der Waals surface area contributed by atoms with Crippen LogP contribution in [0.2, 0.25) is 0 Å². The van der Waals surface area contributed by atoms with Crippen LogP contribution in [-0.4, -0.2) is 21.0 Å². The van der Waals surface area contributed by atoms with Crippen molar-refractivity contribution in [3.05, 3.63) is 11.9 Å². The Morgan fingerprint density at radius 2 is 1.89 bits per heavy atom. The average Bonchev–Trinajstić information content (AvgIpc) is 2.74. The molecule has 1 atom stereocenters. The molecule has 4 heteroatoms. The Morgan fingerprint density at radius 3 is 2.42 bits per heavy atom. The number of rotatable bonds is 7. The summed E-state index contributed by atoms with van der Waals surface area (Å²) in [6.07, 6.45) is 5.87. The van der Waals surface area contributed by atoms with Crippen LogP contribution in [0.25, 0.3) is 0 Å². The first-order valence-electron chi connectivity index (χ1n) is 7.44. The zero-order valence-corrected chi connectivity index (χ0v) is 13.4. The minimum Gasteiger partial charge on any atom is -0.309 e. The lowest BCUT2D eigenvalue weighted by atomic mass is 10.0. The van der Waals surface area contributed by atoms with E-state index in [1.165, 1.54) is 19.3 Å². The molecule has 1 aromatic heterocycles. The molecule has 1 heterocycles. The zero-order valence-electron chi connectivity index (χ0n) is 13.4. The molecule has 1 N–H and O–H groups in total. The van der Waals surface area contributed by atoms with Gasteiger partial charge < -0.3 is 5.32 Å². The summed E-state index contributed by atoms with van der Waals surface area (Å²) in [5.41, 5.74) is 1.03. The number of hydrogen-bond acceptors (Lipinski definition) is 3. The molecule has 0 saturated heterocycles. The highest BCUT2D eigenvalue weighted by Gasteiger charge is 2.15. The van der Waals surface area contributed by atoms with Crippen LogP contribution in [0.3, 0.4) is 0 Å². The van der Waals surface area contributed by atoms with Gasteiger partial charge in [-0.25, -0.2) is 4.68 Å². The minimum absolute atomic E-state index is 0.00807. The predicted octanol–water partition coefficient (Wildman–Crippen LogP) is 3.34. The lowest BCUT2D eigenvalue weighted by Crippen LogP contribution is -2.25. The van der Waals surface area contributed by atoms with E-state index in [0.717, 1.165) is 18.2 Å². The summed E-state index contributed by atoms with van der Waals surface area (Å²) in [5.74, 6) is 0.805. The van der Waals surface area contributed by atoms with Crippen molar-refractivity contribution in [1.29, 1.82) is 0 Å². The van der Waals surface area contributed by atoms with E-state index < -0.39 is 0 Å². The Kier molecular flexibility index (Phi) is 5.98. The van der Waals surface area contributed by atoms with E-state index >= 15 is 0 Å². The molecular weight excluding hydrogens is 236 g/mol. The fraction of sp³-hybridized carbons (Fsp3) is 0.867. The van der Waals surface area contributed by atoms with Crippen LogP contribution in [0.5, 0.6) is 0 Å². The van der Waals surface area contributed by atoms with E-state index in [4.69, 9.17) is 0 Å². The molecule has 0 aromatic carbocycles. The molecule has 0 spiro atoms. The van der Waals surface area contributed by atoms with E-state index in [1.54, 1.807) is 0 Å². The Bertz CT molecular complexity index is 362. The van der Waals surface area contributed by atoms with Crippen LogP contribution in [0.15, 0.2) is 6.20 Å². The zero-order chi connectivity index (χ0) is 14.5. The first-order valence-corrected chi connectivity index (χ1v) is 7.44. The second kappa shape index (κ2) is 7.04.